The minimum atomic E-state index is 0.203. The molecule has 0 aliphatic carbocycles. The fraction of sp³-hybridized carbons (Fsp3) is 1.00. The Balaban J connectivity index is 3.43. The highest BCUT2D eigenvalue weighted by Crippen LogP contribution is 2.08. The summed E-state index contributed by atoms with van der Waals surface area (Å²) in [7, 11) is 0. The third-order valence-electron chi connectivity index (χ3n) is 2.87. The SMILES string of the molecule is CCCC(C)COCC(N)C(C)CC. The molecule has 0 bridgehead atoms. The molecule has 3 unspecified atom stereocenters. The summed E-state index contributed by atoms with van der Waals surface area (Å²) in [5.41, 5.74) is 5.96. The van der Waals surface area contributed by atoms with Crippen molar-refractivity contribution in [2.24, 2.45) is 17.6 Å². The van der Waals surface area contributed by atoms with Crippen LogP contribution < -0.4 is 5.73 Å². The van der Waals surface area contributed by atoms with Crippen LogP contribution in [0, 0.1) is 11.8 Å². The zero-order valence-corrected chi connectivity index (χ0v) is 10.3. The van der Waals surface area contributed by atoms with Crippen LogP contribution in [0.2, 0.25) is 0 Å². The first kappa shape index (κ1) is 13.9. The maximum atomic E-state index is 5.96. The smallest absolute Gasteiger partial charge is 0.0620 e. The molecule has 0 aromatic rings. The lowest BCUT2D eigenvalue weighted by molar-refractivity contribution is 0.0801. The minimum absolute atomic E-state index is 0.203. The molecule has 0 aromatic carbocycles. The summed E-state index contributed by atoms with van der Waals surface area (Å²) in [6.07, 6.45) is 3.62. The normalized spacial score (nSPS) is 17.8. The number of hydrogen-bond acceptors (Lipinski definition) is 2. The van der Waals surface area contributed by atoms with Crippen molar-refractivity contribution in [1.29, 1.82) is 0 Å². The summed E-state index contributed by atoms with van der Waals surface area (Å²) < 4.78 is 5.61. The molecule has 0 rings (SSSR count). The van der Waals surface area contributed by atoms with Crippen LogP contribution in [-0.2, 0) is 4.74 Å². The van der Waals surface area contributed by atoms with Crippen LogP contribution in [0.15, 0.2) is 0 Å². The fourth-order valence-electron chi connectivity index (χ4n) is 1.45. The summed E-state index contributed by atoms with van der Waals surface area (Å²) in [5, 5.41) is 0. The number of rotatable bonds is 8. The van der Waals surface area contributed by atoms with E-state index >= 15 is 0 Å². The molecule has 3 atom stereocenters. The Morgan fingerprint density at radius 3 is 2.29 bits per heavy atom. The van der Waals surface area contributed by atoms with Crippen molar-refractivity contribution in [3.8, 4) is 0 Å². The van der Waals surface area contributed by atoms with Gasteiger partial charge in [0.2, 0.25) is 0 Å². The Labute approximate surface area is 89.2 Å². The Morgan fingerprint density at radius 2 is 1.79 bits per heavy atom. The van der Waals surface area contributed by atoms with Gasteiger partial charge in [0.15, 0.2) is 0 Å². The predicted octanol–water partition coefficient (Wildman–Crippen LogP) is 2.81. The van der Waals surface area contributed by atoms with Gasteiger partial charge in [0, 0.05) is 12.6 Å². The van der Waals surface area contributed by atoms with Crippen molar-refractivity contribution in [3.63, 3.8) is 0 Å². The molecule has 2 nitrogen and oxygen atoms in total. The van der Waals surface area contributed by atoms with Gasteiger partial charge in [-0.25, -0.2) is 0 Å². The quantitative estimate of drug-likeness (QED) is 0.655. The zero-order chi connectivity index (χ0) is 11.0. The van der Waals surface area contributed by atoms with Crippen LogP contribution in [0.3, 0.4) is 0 Å². The Bertz CT molecular complexity index is 127. The molecule has 0 heterocycles. The van der Waals surface area contributed by atoms with Crippen molar-refractivity contribution in [3.05, 3.63) is 0 Å². The number of hydrogen-bond donors (Lipinski definition) is 1. The summed E-state index contributed by atoms with van der Waals surface area (Å²) in [6, 6.07) is 0.203. The molecule has 2 heteroatoms. The lowest BCUT2D eigenvalue weighted by Crippen LogP contribution is -2.33. The van der Waals surface area contributed by atoms with Gasteiger partial charge in [-0.15, -0.1) is 0 Å². The van der Waals surface area contributed by atoms with Crippen LogP contribution >= 0.6 is 0 Å². The van der Waals surface area contributed by atoms with Crippen molar-refractivity contribution in [1.82, 2.24) is 0 Å². The van der Waals surface area contributed by atoms with Gasteiger partial charge >= 0.3 is 0 Å². The average Bonchev–Trinajstić information content (AvgIpc) is 2.16. The first-order chi connectivity index (χ1) is 6.61. The van der Waals surface area contributed by atoms with Crippen molar-refractivity contribution < 1.29 is 4.74 Å². The molecule has 2 N–H and O–H groups in total. The van der Waals surface area contributed by atoms with E-state index in [0.717, 1.165) is 13.0 Å². The molecule has 86 valence electrons. The summed E-state index contributed by atoms with van der Waals surface area (Å²) in [6.45, 7) is 10.4. The van der Waals surface area contributed by atoms with E-state index in [0.29, 0.717) is 18.4 Å². The van der Waals surface area contributed by atoms with Gasteiger partial charge in [0.05, 0.1) is 6.61 Å². The van der Waals surface area contributed by atoms with Gasteiger partial charge in [-0.3, -0.25) is 0 Å². The molecule has 0 aliphatic heterocycles. The average molecular weight is 201 g/mol. The molecular formula is C12H27NO. The second kappa shape index (κ2) is 8.25. The van der Waals surface area contributed by atoms with E-state index in [9.17, 15) is 0 Å². The van der Waals surface area contributed by atoms with Gasteiger partial charge in [-0.1, -0.05) is 40.5 Å². The Kier molecular flexibility index (Phi) is 8.20. The lowest BCUT2D eigenvalue weighted by Gasteiger charge is -2.19. The zero-order valence-electron chi connectivity index (χ0n) is 10.3. The number of nitrogens with two attached hydrogens (primary N) is 1. The second-order valence-electron chi connectivity index (χ2n) is 4.48. The lowest BCUT2D eigenvalue weighted by atomic mass is 10.0. The second-order valence-corrected chi connectivity index (χ2v) is 4.48. The summed E-state index contributed by atoms with van der Waals surface area (Å²) in [4.78, 5) is 0. The van der Waals surface area contributed by atoms with Crippen LogP contribution in [-0.4, -0.2) is 19.3 Å². The first-order valence-corrected chi connectivity index (χ1v) is 5.95. The fourth-order valence-corrected chi connectivity index (χ4v) is 1.45. The molecule has 0 saturated carbocycles. The monoisotopic (exact) mass is 201 g/mol. The summed E-state index contributed by atoms with van der Waals surface area (Å²) in [5.74, 6) is 1.24. The molecular weight excluding hydrogens is 174 g/mol. The van der Waals surface area contributed by atoms with Crippen molar-refractivity contribution in [2.75, 3.05) is 13.2 Å². The highest BCUT2D eigenvalue weighted by molar-refractivity contribution is 4.67. The minimum Gasteiger partial charge on any atom is -0.380 e. The Hall–Kier alpha value is -0.0800. The van der Waals surface area contributed by atoms with E-state index in [1.54, 1.807) is 0 Å². The molecule has 0 spiro atoms. The molecule has 0 amide bonds. The van der Waals surface area contributed by atoms with Crippen molar-refractivity contribution >= 4 is 0 Å². The highest BCUT2D eigenvalue weighted by atomic mass is 16.5. The molecule has 14 heavy (non-hydrogen) atoms. The highest BCUT2D eigenvalue weighted by Gasteiger charge is 2.11. The molecule has 0 aromatic heterocycles. The molecule has 0 radical (unpaired) electrons. The first-order valence-electron chi connectivity index (χ1n) is 5.95. The molecule has 0 saturated heterocycles. The van der Waals surface area contributed by atoms with Gasteiger partial charge in [0.25, 0.3) is 0 Å². The van der Waals surface area contributed by atoms with Crippen LogP contribution in [0.25, 0.3) is 0 Å². The number of ether oxygens (including phenoxy) is 1. The van der Waals surface area contributed by atoms with Gasteiger partial charge < -0.3 is 10.5 Å². The van der Waals surface area contributed by atoms with Gasteiger partial charge in [0.1, 0.15) is 0 Å². The van der Waals surface area contributed by atoms with Crippen LogP contribution in [0.5, 0.6) is 0 Å². The van der Waals surface area contributed by atoms with E-state index in [4.69, 9.17) is 10.5 Å². The maximum Gasteiger partial charge on any atom is 0.0620 e. The van der Waals surface area contributed by atoms with E-state index in [1.165, 1.54) is 12.8 Å². The van der Waals surface area contributed by atoms with Gasteiger partial charge in [-0.05, 0) is 18.3 Å². The Morgan fingerprint density at radius 1 is 1.14 bits per heavy atom. The molecule has 0 fully saturated rings. The van der Waals surface area contributed by atoms with Crippen LogP contribution in [0.4, 0.5) is 0 Å². The van der Waals surface area contributed by atoms with Crippen molar-refractivity contribution in [2.45, 2.75) is 53.0 Å². The van der Waals surface area contributed by atoms with Gasteiger partial charge in [-0.2, -0.15) is 0 Å². The predicted molar refractivity (Wildman–Crippen MR) is 62.3 cm³/mol. The van der Waals surface area contributed by atoms with E-state index < -0.39 is 0 Å². The topological polar surface area (TPSA) is 35.2 Å². The van der Waals surface area contributed by atoms with E-state index in [1.807, 2.05) is 0 Å². The maximum absolute atomic E-state index is 5.96. The van der Waals surface area contributed by atoms with E-state index in [2.05, 4.69) is 27.7 Å². The standard InChI is InChI=1S/C12H27NO/c1-5-7-10(3)8-14-9-12(13)11(4)6-2/h10-12H,5-9,13H2,1-4H3. The third kappa shape index (κ3) is 6.39. The van der Waals surface area contributed by atoms with Crippen LogP contribution in [0.1, 0.15) is 47.0 Å². The molecule has 0 aliphatic rings. The summed E-state index contributed by atoms with van der Waals surface area (Å²) >= 11 is 0. The third-order valence-corrected chi connectivity index (χ3v) is 2.87. The van der Waals surface area contributed by atoms with E-state index in [-0.39, 0.29) is 6.04 Å². The largest absolute Gasteiger partial charge is 0.380 e.